The van der Waals surface area contributed by atoms with Gasteiger partial charge in [-0.15, -0.1) is 0 Å². The summed E-state index contributed by atoms with van der Waals surface area (Å²) in [4.78, 5) is 23.8. The van der Waals surface area contributed by atoms with Gasteiger partial charge in [-0.3, -0.25) is 9.59 Å². The molecule has 1 unspecified atom stereocenters. The monoisotopic (exact) mass is 370 g/mol. The zero-order valence-corrected chi connectivity index (χ0v) is 15.9. The van der Waals surface area contributed by atoms with Gasteiger partial charge in [-0.25, -0.2) is 0 Å². The molecule has 1 aromatic heterocycles. The average Bonchev–Trinajstić information content (AvgIpc) is 3.13. The number of amides is 2. The van der Waals surface area contributed by atoms with E-state index in [0.29, 0.717) is 5.76 Å². The first-order valence-corrected chi connectivity index (χ1v) is 8.99. The van der Waals surface area contributed by atoms with Crippen molar-refractivity contribution in [2.75, 3.05) is 6.54 Å². The third kappa shape index (κ3) is 7.40. The Morgan fingerprint density at radius 1 is 1.19 bits per heavy atom. The number of rotatable bonds is 9. The topological polar surface area (TPSA) is 80.6 Å². The van der Waals surface area contributed by atoms with Gasteiger partial charge in [0, 0.05) is 19.0 Å². The van der Waals surface area contributed by atoms with Gasteiger partial charge in [-0.2, -0.15) is 0 Å². The van der Waals surface area contributed by atoms with Crippen molar-refractivity contribution in [3.05, 3.63) is 60.1 Å². The van der Waals surface area contributed by atoms with Crippen LogP contribution in [0.3, 0.4) is 0 Å². The lowest BCUT2D eigenvalue weighted by atomic mass is 10.1. The van der Waals surface area contributed by atoms with E-state index in [2.05, 4.69) is 10.6 Å². The van der Waals surface area contributed by atoms with Crippen LogP contribution in [-0.2, 0) is 9.59 Å². The molecule has 144 valence electrons. The van der Waals surface area contributed by atoms with Crippen LogP contribution in [0.25, 0.3) is 6.08 Å². The fourth-order valence-corrected chi connectivity index (χ4v) is 2.43. The van der Waals surface area contributed by atoms with E-state index in [9.17, 15) is 9.59 Å². The summed E-state index contributed by atoms with van der Waals surface area (Å²) in [5, 5.41) is 5.60. The van der Waals surface area contributed by atoms with E-state index in [1.165, 1.54) is 12.3 Å². The minimum Gasteiger partial charge on any atom is -0.491 e. The SMILES string of the molecule is CC(C)Oc1cccc(C(C)NC(=O)CCNC(=O)/C=C/c2ccco2)c1. The van der Waals surface area contributed by atoms with Crippen molar-refractivity contribution in [2.24, 2.45) is 0 Å². The quantitative estimate of drug-likeness (QED) is 0.663. The Morgan fingerprint density at radius 3 is 2.70 bits per heavy atom. The van der Waals surface area contributed by atoms with Crippen LogP contribution in [0, 0.1) is 0 Å². The van der Waals surface area contributed by atoms with Crippen LogP contribution in [-0.4, -0.2) is 24.5 Å². The highest BCUT2D eigenvalue weighted by molar-refractivity contribution is 5.91. The zero-order chi connectivity index (χ0) is 19.6. The molecule has 0 fully saturated rings. The van der Waals surface area contributed by atoms with Gasteiger partial charge in [0.2, 0.25) is 11.8 Å². The van der Waals surface area contributed by atoms with E-state index in [-0.39, 0.29) is 36.9 Å². The maximum Gasteiger partial charge on any atom is 0.244 e. The van der Waals surface area contributed by atoms with E-state index in [1.807, 2.05) is 45.0 Å². The summed E-state index contributed by atoms with van der Waals surface area (Å²) in [6, 6.07) is 11.0. The largest absolute Gasteiger partial charge is 0.491 e. The Kier molecular flexibility index (Phi) is 7.67. The number of hydrogen-bond donors (Lipinski definition) is 2. The molecular formula is C21H26N2O4. The summed E-state index contributed by atoms with van der Waals surface area (Å²) < 4.78 is 10.8. The number of ether oxygens (including phenoxy) is 1. The lowest BCUT2D eigenvalue weighted by molar-refractivity contribution is -0.121. The van der Waals surface area contributed by atoms with Crippen LogP contribution >= 0.6 is 0 Å². The van der Waals surface area contributed by atoms with Gasteiger partial charge < -0.3 is 19.8 Å². The molecule has 0 aliphatic rings. The molecule has 1 heterocycles. The van der Waals surface area contributed by atoms with Gasteiger partial charge in [0.05, 0.1) is 18.4 Å². The zero-order valence-electron chi connectivity index (χ0n) is 15.9. The van der Waals surface area contributed by atoms with E-state index in [0.717, 1.165) is 11.3 Å². The molecule has 6 heteroatoms. The van der Waals surface area contributed by atoms with Gasteiger partial charge in [0.1, 0.15) is 11.5 Å². The van der Waals surface area contributed by atoms with Crippen LogP contribution in [0.1, 0.15) is 44.6 Å². The average molecular weight is 370 g/mol. The number of carbonyl (C=O) groups is 2. The molecule has 0 saturated heterocycles. The van der Waals surface area contributed by atoms with E-state index in [1.54, 1.807) is 18.2 Å². The molecule has 2 N–H and O–H groups in total. The van der Waals surface area contributed by atoms with E-state index >= 15 is 0 Å². The number of furan rings is 1. The number of hydrogen-bond acceptors (Lipinski definition) is 4. The summed E-state index contributed by atoms with van der Waals surface area (Å²) in [6.07, 6.45) is 4.78. The van der Waals surface area contributed by atoms with Crippen LogP contribution in [0.2, 0.25) is 0 Å². The number of nitrogens with one attached hydrogen (secondary N) is 2. The van der Waals surface area contributed by atoms with Gasteiger partial charge in [-0.05, 0) is 56.7 Å². The van der Waals surface area contributed by atoms with Crippen molar-refractivity contribution in [1.82, 2.24) is 10.6 Å². The third-order valence-corrected chi connectivity index (χ3v) is 3.70. The maximum atomic E-state index is 12.1. The highest BCUT2D eigenvalue weighted by atomic mass is 16.5. The summed E-state index contributed by atoms with van der Waals surface area (Å²) in [6.45, 7) is 6.11. The molecule has 0 aliphatic heterocycles. The fourth-order valence-electron chi connectivity index (χ4n) is 2.43. The van der Waals surface area contributed by atoms with Crippen LogP contribution < -0.4 is 15.4 Å². The van der Waals surface area contributed by atoms with E-state index < -0.39 is 0 Å². The van der Waals surface area contributed by atoms with Crippen molar-refractivity contribution in [2.45, 2.75) is 39.3 Å². The van der Waals surface area contributed by atoms with E-state index in [4.69, 9.17) is 9.15 Å². The maximum absolute atomic E-state index is 12.1. The van der Waals surface area contributed by atoms with Crippen LogP contribution in [0.15, 0.2) is 53.2 Å². The smallest absolute Gasteiger partial charge is 0.244 e. The van der Waals surface area contributed by atoms with Gasteiger partial charge in [0.15, 0.2) is 0 Å². The molecule has 0 radical (unpaired) electrons. The number of carbonyl (C=O) groups excluding carboxylic acids is 2. The molecule has 1 atom stereocenters. The first-order chi connectivity index (χ1) is 12.9. The Morgan fingerprint density at radius 2 is 2.00 bits per heavy atom. The van der Waals surface area contributed by atoms with Crippen molar-refractivity contribution < 1.29 is 18.7 Å². The first-order valence-electron chi connectivity index (χ1n) is 8.99. The van der Waals surface area contributed by atoms with Crippen molar-refractivity contribution >= 4 is 17.9 Å². The summed E-state index contributed by atoms with van der Waals surface area (Å²) >= 11 is 0. The Bertz CT molecular complexity index is 766. The Balaban J connectivity index is 1.74. The summed E-state index contributed by atoms with van der Waals surface area (Å²) in [7, 11) is 0. The molecule has 0 aliphatic carbocycles. The second-order valence-corrected chi connectivity index (χ2v) is 6.42. The normalized spacial score (nSPS) is 12.1. The lowest BCUT2D eigenvalue weighted by Gasteiger charge is -2.16. The molecule has 27 heavy (non-hydrogen) atoms. The predicted molar refractivity (Wildman–Crippen MR) is 104 cm³/mol. The lowest BCUT2D eigenvalue weighted by Crippen LogP contribution is -2.31. The van der Waals surface area contributed by atoms with Gasteiger partial charge in [0.25, 0.3) is 0 Å². The minimum atomic E-state index is -0.272. The molecule has 0 spiro atoms. The highest BCUT2D eigenvalue weighted by Crippen LogP contribution is 2.20. The predicted octanol–water partition coefficient (Wildman–Crippen LogP) is 3.46. The van der Waals surface area contributed by atoms with Gasteiger partial charge >= 0.3 is 0 Å². The third-order valence-electron chi connectivity index (χ3n) is 3.70. The Hall–Kier alpha value is -3.02. The van der Waals surface area contributed by atoms with Crippen molar-refractivity contribution in [3.8, 4) is 5.75 Å². The molecule has 2 amide bonds. The fraction of sp³-hybridized carbons (Fsp3) is 0.333. The molecule has 6 nitrogen and oxygen atoms in total. The van der Waals surface area contributed by atoms with Crippen LogP contribution in [0.4, 0.5) is 0 Å². The summed E-state index contributed by atoms with van der Waals surface area (Å²) in [5.74, 6) is 0.971. The first kappa shape index (κ1) is 20.3. The molecule has 2 rings (SSSR count). The molecule has 1 aromatic carbocycles. The number of benzene rings is 1. The Labute approximate surface area is 159 Å². The highest BCUT2D eigenvalue weighted by Gasteiger charge is 2.11. The van der Waals surface area contributed by atoms with Crippen molar-refractivity contribution in [3.63, 3.8) is 0 Å². The summed E-state index contributed by atoms with van der Waals surface area (Å²) in [5.41, 5.74) is 0.965. The molecule has 0 bridgehead atoms. The second-order valence-electron chi connectivity index (χ2n) is 6.42. The van der Waals surface area contributed by atoms with Gasteiger partial charge in [-0.1, -0.05) is 12.1 Å². The molecule has 2 aromatic rings. The minimum absolute atomic E-state index is 0.0931. The standard InChI is InChI=1S/C21H26N2O4/c1-15(2)27-19-7-4-6-17(14-19)16(3)23-21(25)11-12-22-20(24)10-9-18-8-5-13-26-18/h4-10,13-16H,11-12H2,1-3H3,(H,22,24)(H,23,25)/b10-9+. The molecular weight excluding hydrogens is 344 g/mol. The van der Waals surface area contributed by atoms with Crippen LogP contribution in [0.5, 0.6) is 5.75 Å². The molecule has 0 saturated carbocycles. The second kappa shape index (κ2) is 10.2. The van der Waals surface area contributed by atoms with Crippen molar-refractivity contribution in [1.29, 1.82) is 0 Å².